The summed E-state index contributed by atoms with van der Waals surface area (Å²) in [6, 6.07) is 7.15. The summed E-state index contributed by atoms with van der Waals surface area (Å²) < 4.78 is 6.27. The fourth-order valence-corrected chi connectivity index (χ4v) is 3.41. The van der Waals surface area contributed by atoms with E-state index < -0.39 is 0 Å². The highest BCUT2D eigenvalue weighted by atomic mass is 16.5. The van der Waals surface area contributed by atoms with Crippen molar-refractivity contribution in [2.24, 2.45) is 0 Å². The monoisotopic (exact) mass is 259 g/mol. The Labute approximate surface area is 116 Å². The molecule has 2 nitrogen and oxygen atoms in total. The van der Waals surface area contributed by atoms with E-state index in [0.29, 0.717) is 12.1 Å². The van der Waals surface area contributed by atoms with Gasteiger partial charge < -0.3 is 10.1 Å². The summed E-state index contributed by atoms with van der Waals surface area (Å²) in [5.41, 5.74) is 2.80. The second-order valence-electron chi connectivity index (χ2n) is 6.07. The van der Waals surface area contributed by atoms with Crippen LogP contribution in [0.25, 0.3) is 0 Å². The molecular weight excluding hydrogens is 234 g/mol. The van der Waals surface area contributed by atoms with E-state index in [4.69, 9.17) is 4.74 Å². The van der Waals surface area contributed by atoms with Gasteiger partial charge >= 0.3 is 0 Å². The van der Waals surface area contributed by atoms with Crippen LogP contribution in [0.2, 0.25) is 0 Å². The minimum atomic E-state index is 0.456. The van der Waals surface area contributed by atoms with Gasteiger partial charge in [0, 0.05) is 6.04 Å². The lowest BCUT2D eigenvalue weighted by Gasteiger charge is -2.20. The molecule has 1 saturated heterocycles. The lowest BCUT2D eigenvalue weighted by Crippen LogP contribution is -2.24. The van der Waals surface area contributed by atoms with E-state index in [-0.39, 0.29) is 0 Å². The standard InChI is InChI=1S/C17H25NO/c1-13-6-4-10-17(19-15-8-2-3-9-15)16(13)12-14-7-5-11-18-14/h4,6,10,14-15,18H,2-3,5,7-9,11-12H2,1H3. The van der Waals surface area contributed by atoms with Gasteiger partial charge in [0.1, 0.15) is 5.75 Å². The van der Waals surface area contributed by atoms with Crippen LogP contribution < -0.4 is 10.1 Å². The van der Waals surface area contributed by atoms with Crippen molar-refractivity contribution in [2.75, 3.05) is 6.54 Å². The zero-order valence-electron chi connectivity index (χ0n) is 12.0. The third kappa shape index (κ3) is 3.11. The Balaban J connectivity index is 1.75. The molecule has 19 heavy (non-hydrogen) atoms. The van der Waals surface area contributed by atoms with E-state index in [1.165, 1.54) is 56.2 Å². The molecule has 104 valence electrons. The smallest absolute Gasteiger partial charge is 0.123 e. The highest BCUT2D eigenvalue weighted by Crippen LogP contribution is 2.30. The molecule has 2 fully saturated rings. The molecule has 1 aromatic rings. The summed E-state index contributed by atoms with van der Waals surface area (Å²) in [6.45, 7) is 3.39. The highest BCUT2D eigenvalue weighted by Gasteiger charge is 2.21. The van der Waals surface area contributed by atoms with Crippen molar-refractivity contribution in [2.45, 2.75) is 64.0 Å². The molecule has 0 amide bonds. The lowest BCUT2D eigenvalue weighted by atomic mass is 9.99. The quantitative estimate of drug-likeness (QED) is 0.892. The average molecular weight is 259 g/mol. The van der Waals surface area contributed by atoms with Crippen molar-refractivity contribution < 1.29 is 4.74 Å². The third-order valence-electron chi connectivity index (χ3n) is 4.58. The van der Waals surface area contributed by atoms with Crippen LogP contribution in [0.3, 0.4) is 0 Å². The maximum absolute atomic E-state index is 6.27. The van der Waals surface area contributed by atoms with E-state index in [0.717, 1.165) is 12.2 Å². The Morgan fingerprint density at radius 1 is 1.16 bits per heavy atom. The molecule has 1 aliphatic heterocycles. The second kappa shape index (κ2) is 5.96. The van der Waals surface area contributed by atoms with Crippen LogP contribution in [-0.2, 0) is 6.42 Å². The molecule has 1 heterocycles. The van der Waals surface area contributed by atoms with Crippen LogP contribution in [0.4, 0.5) is 0 Å². The van der Waals surface area contributed by atoms with E-state index in [9.17, 15) is 0 Å². The van der Waals surface area contributed by atoms with Crippen LogP contribution in [-0.4, -0.2) is 18.7 Å². The highest BCUT2D eigenvalue weighted by molar-refractivity contribution is 5.40. The summed E-state index contributed by atoms with van der Waals surface area (Å²) in [5.74, 6) is 1.14. The first-order chi connectivity index (χ1) is 9.33. The fraction of sp³-hybridized carbons (Fsp3) is 0.647. The Morgan fingerprint density at radius 3 is 2.74 bits per heavy atom. The van der Waals surface area contributed by atoms with E-state index >= 15 is 0 Å². The molecule has 0 bridgehead atoms. The lowest BCUT2D eigenvalue weighted by molar-refractivity contribution is 0.207. The average Bonchev–Trinajstić information content (AvgIpc) is 3.07. The molecule has 2 heteroatoms. The van der Waals surface area contributed by atoms with Crippen LogP contribution >= 0.6 is 0 Å². The molecule has 2 aliphatic rings. The van der Waals surface area contributed by atoms with Crippen molar-refractivity contribution in [3.05, 3.63) is 29.3 Å². The fourth-order valence-electron chi connectivity index (χ4n) is 3.41. The van der Waals surface area contributed by atoms with E-state index in [1.54, 1.807) is 0 Å². The largest absolute Gasteiger partial charge is 0.490 e. The van der Waals surface area contributed by atoms with Crippen LogP contribution in [0, 0.1) is 6.92 Å². The van der Waals surface area contributed by atoms with Gasteiger partial charge in [-0.1, -0.05) is 12.1 Å². The molecular formula is C17H25NO. The van der Waals surface area contributed by atoms with Crippen molar-refractivity contribution >= 4 is 0 Å². The molecule has 1 saturated carbocycles. The van der Waals surface area contributed by atoms with Gasteiger partial charge in [0.2, 0.25) is 0 Å². The second-order valence-corrected chi connectivity index (χ2v) is 6.07. The molecule has 0 spiro atoms. The maximum Gasteiger partial charge on any atom is 0.123 e. The predicted octanol–water partition coefficient (Wildman–Crippen LogP) is 3.61. The SMILES string of the molecule is Cc1cccc(OC2CCCC2)c1CC1CCCN1. The Kier molecular flexibility index (Phi) is 4.07. The molecule has 1 atom stereocenters. The van der Waals surface area contributed by atoms with Gasteiger partial charge in [-0.3, -0.25) is 0 Å². The summed E-state index contributed by atoms with van der Waals surface area (Å²) in [4.78, 5) is 0. The van der Waals surface area contributed by atoms with Gasteiger partial charge in [0.15, 0.2) is 0 Å². The number of aryl methyl sites for hydroxylation is 1. The molecule has 1 aliphatic carbocycles. The number of hydrogen-bond donors (Lipinski definition) is 1. The van der Waals surface area contributed by atoms with Crippen LogP contribution in [0.5, 0.6) is 5.75 Å². The first-order valence-corrected chi connectivity index (χ1v) is 7.81. The summed E-state index contributed by atoms with van der Waals surface area (Å²) in [5, 5.41) is 3.60. The van der Waals surface area contributed by atoms with Gasteiger partial charge in [-0.25, -0.2) is 0 Å². The molecule has 0 aromatic heterocycles. The minimum Gasteiger partial charge on any atom is -0.490 e. The topological polar surface area (TPSA) is 21.3 Å². The minimum absolute atomic E-state index is 0.456. The molecule has 0 radical (unpaired) electrons. The van der Waals surface area contributed by atoms with Crippen molar-refractivity contribution in [3.8, 4) is 5.75 Å². The normalized spacial score (nSPS) is 23.9. The summed E-state index contributed by atoms with van der Waals surface area (Å²) >= 11 is 0. The molecule has 1 unspecified atom stereocenters. The van der Waals surface area contributed by atoms with Crippen molar-refractivity contribution in [1.82, 2.24) is 5.32 Å². The maximum atomic E-state index is 6.27. The molecule has 1 N–H and O–H groups in total. The Bertz CT molecular complexity index is 417. The number of rotatable bonds is 4. The number of nitrogens with one attached hydrogen (secondary N) is 1. The Hall–Kier alpha value is -1.02. The van der Waals surface area contributed by atoms with Crippen molar-refractivity contribution in [1.29, 1.82) is 0 Å². The van der Waals surface area contributed by atoms with Gasteiger partial charge in [0.25, 0.3) is 0 Å². The van der Waals surface area contributed by atoms with Crippen LogP contribution in [0.15, 0.2) is 18.2 Å². The zero-order chi connectivity index (χ0) is 13.1. The van der Waals surface area contributed by atoms with E-state index in [2.05, 4.69) is 30.4 Å². The molecule has 1 aromatic carbocycles. The summed E-state index contributed by atoms with van der Waals surface area (Å²) in [7, 11) is 0. The molecule has 3 rings (SSSR count). The number of ether oxygens (including phenoxy) is 1. The van der Waals surface area contributed by atoms with Gasteiger partial charge in [-0.15, -0.1) is 0 Å². The van der Waals surface area contributed by atoms with Gasteiger partial charge in [-0.05, 0) is 75.6 Å². The third-order valence-corrected chi connectivity index (χ3v) is 4.58. The first-order valence-electron chi connectivity index (χ1n) is 7.81. The van der Waals surface area contributed by atoms with Gasteiger partial charge in [-0.2, -0.15) is 0 Å². The van der Waals surface area contributed by atoms with E-state index in [1.807, 2.05) is 0 Å². The first kappa shape index (κ1) is 13.0. The van der Waals surface area contributed by atoms with Crippen LogP contribution in [0.1, 0.15) is 49.7 Å². The van der Waals surface area contributed by atoms with Gasteiger partial charge in [0.05, 0.1) is 6.10 Å². The predicted molar refractivity (Wildman–Crippen MR) is 78.8 cm³/mol. The number of benzene rings is 1. The van der Waals surface area contributed by atoms with Crippen molar-refractivity contribution in [3.63, 3.8) is 0 Å². The zero-order valence-corrected chi connectivity index (χ0v) is 12.0. The summed E-state index contributed by atoms with van der Waals surface area (Å²) in [6.07, 6.45) is 9.31. The number of hydrogen-bond acceptors (Lipinski definition) is 2. The Morgan fingerprint density at radius 2 is 2.00 bits per heavy atom.